The van der Waals surface area contributed by atoms with Crippen molar-refractivity contribution in [2.45, 2.75) is 51.5 Å². The van der Waals surface area contributed by atoms with Gasteiger partial charge in [-0.3, -0.25) is 9.59 Å². The van der Waals surface area contributed by atoms with Gasteiger partial charge in [0.05, 0.1) is 5.71 Å². The predicted molar refractivity (Wildman–Crippen MR) is 98.6 cm³/mol. The first-order valence-electron chi connectivity index (χ1n) is 9.14. The van der Waals surface area contributed by atoms with Gasteiger partial charge in [0.15, 0.2) is 0 Å². The standard InChI is InChI=1S/C19H26N4O2/c1-14(21-22-19(25)18(24)20-16-8-9-16)15-6-10-17(11-7-15)23-12-4-2-3-5-13-23/h6-7,10-11,16H,2-5,8-9,12-13H2,1H3,(H,20,24)(H,22,25)/b21-14+. The van der Waals surface area contributed by atoms with Crippen LogP contribution in [0.3, 0.4) is 0 Å². The van der Waals surface area contributed by atoms with Gasteiger partial charge in [-0.05, 0) is 50.3 Å². The average molecular weight is 342 g/mol. The topological polar surface area (TPSA) is 73.8 Å². The zero-order valence-corrected chi connectivity index (χ0v) is 14.8. The Morgan fingerprint density at radius 1 is 1.00 bits per heavy atom. The molecule has 134 valence electrons. The molecular formula is C19H26N4O2. The molecule has 2 N–H and O–H groups in total. The average Bonchev–Trinajstić information content (AvgIpc) is 3.46. The van der Waals surface area contributed by atoms with Gasteiger partial charge in [-0.25, -0.2) is 5.43 Å². The summed E-state index contributed by atoms with van der Waals surface area (Å²) in [4.78, 5) is 25.7. The van der Waals surface area contributed by atoms with E-state index in [1.807, 2.05) is 19.1 Å². The van der Waals surface area contributed by atoms with Crippen LogP contribution >= 0.6 is 0 Å². The number of rotatable bonds is 4. The Labute approximate surface area is 148 Å². The Morgan fingerprint density at radius 3 is 2.24 bits per heavy atom. The molecule has 0 unspecified atom stereocenters. The van der Waals surface area contributed by atoms with E-state index in [0.29, 0.717) is 5.71 Å². The van der Waals surface area contributed by atoms with Gasteiger partial charge in [0.2, 0.25) is 0 Å². The third-order valence-corrected chi connectivity index (χ3v) is 4.70. The smallest absolute Gasteiger partial charge is 0.329 e. The maximum atomic E-state index is 11.7. The lowest BCUT2D eigenvalue weighted by Gasteiger charge is -2.22. The molecule has 2 fully saturated rings. The summed E-state index contributed by atoms with van der Waals surface area (Å²) >= 11 is 0. The van der Waals surface area contributed by atoms with Crippen LogP contribution in [-0.2, 0) is 9.59 Å². The second kappa shape index (κ2) is 8.14. The summed E-state index contributed by atoms with van der Waals surface area (Å²) in [5.74, 6) is -1.33. The minimum atomic E-state index is -0.715. The Balaban J connectivity index is 1.56. The molecule has 0 aromatic heterocycles. The minimum absolute atomic E-state index is 0.162. The Morgan fingerprint density at radius 2 is 1.64 bits per heavy atom. The van der Waals surface area contributed by atoms with E-state index in [4.69, 9.17) is 0 Å². The zero-order valence-electron chi connectivity index (χ0n) is 14.8. The van der Waals surface area contributed by atoms with Gasteiger partial charge in [0, 0.05) is 24.8 Å². The monoisotopic (exact) mass is 342 g/mol. The second-order valence-electron chi connectivity index (χ2n) is 6.83. The molecule has 1 saturated heterocycles. The summed E-state index contributed by atoms with van der Waals surface area (Å²) in [5, 5.41) is 6.68. The van der Waals surface area contributed by atoms with Crippen LogP contribution in [0.15, 0.2) is 29.4 Å². The van der Waals surface area contributed by atoms with Crippen molar-refractivity contribution in [1.29, 1.82) is 0 Å². The van der Waals surface area contributed by atoms with Crippen LogP contribution in [-0.4, -0.2) is 36.7 Å². The number of carbonyl (C=O) groups is 2. The van der Waals surface area contributed by atoms with Crippen molar-refractivity contribution < 1.29 is 9.59 Å². The molecule has 25 heavy (non-hydrogen) atoms. The SMILES string of the molecule is C/C(=N\NC(=O)C(=O)NC1CC1)c1ccc(N2CCCCCC2)cc1. The number of hydrazone groups is 1. The highest BCUT2D eigenvalue weighted by atomic mass is 16.2. The highest BCUT2D eigenvalue weighted by molar-refractivity contribution is 6.35. The molecule has 1 aromatic rings. The van der Waals surface area contributed by atoms with Crippen LogP contribution in [0.2, 0.25) is 0 Å². The molecule has 2 amide bonds. The lowest BCUT2D eigenvalue weighted by molar-refractivity contribution is -0.139. The van der Waals surface area contributed by atoms with E-state index in [1.165, 1.54) is 31.4 Å². The van der Waals surface area contributed by atoms with Gasteiger partial charge in [-0.2, -0.15) is 5.10 Å². The quantitative estimate of drug-likeness (QED) is 0.500. The number of amides is 2. The molecule has 0 atom stereocenters. The zero-order chi connectivity index (χ0) is 17.6. The predicted octanol–water partition coefficient (Wildman–Crippen LogP) is 2.19. The van der Waals surface area contributed by atoms with Gasteiger partial charge >= 0.3 is 11.8 Å². The number of carbonyl (C=O) groups excluding carboxylic acids is 2. The fourth-order valence-corrected chi connectivity index (χ4v) is 2.97. The minimum Gasteiger partial charge on any atom is -0.372 e. The fourth-order valence-electron chi connectivity index (χ4n) is 2.97. The van der Waals surface area contributed by atoms with Crippen molar-refractivity contribution in [3.05, 3.63) is 29.8 Å². The molecule has 1 aromatic carbocycles. The molecule has 6 nitrogen and oxygen atoms in total. The number of hydrogen-bond acceptors (Lipinski definition) is 4. The van der Waals surface area contributed by atoms with E-state index in [9.17, 15) is 9.59 Å². The van der Waals surface area contributed by atoms with Crippen LogP contribution in [0, 0.1) is 0 Å². The van der Waals surface area contributed by atoms with Crippen molar-refractivity contribution in [3.63, 3.8) is 0 Å². The van der Waals surface area contributed by atoms with Gasteiger partial charge in [-0.15, -0.1) is 0 Å². The van der Waals surface area contributed by atoms with Crippen LogP contribution in [0.4, 0.5) is 5.69 Å². The molecule has 1 saturated carbocycles. The summed E-state index contributed by atoms with van der Waals surface area (Å²) < 4.78 is 0. The van der Waals surface area contributed by atoms with Crippen LogP contribution in [0.1, 0.15) is 51.0 Å². The van der Waals surface area contributed by atoms with Crippen LogP contribution < -0.4 is 15.6 Å². The van der Waals surface area contributed by atoms with Crippen LogP contribution in [0.25, 0.3) is 0 Å². The fraction of sp³-hybridized carbons (Fsp3) is 0.526. The van der Waals surface area contributed by atoms with E-state index >= 15 is 0 Å². The van der Waals surface area contributed by atoms with Crippen molar-refractivity contribution in [3.8, 4) is 0 Å². The highest BCUT2D eigenvalue weighted by Gasteiger charge is 2.26. The first kappa shape index (κ1) is 17.5. The number of hydrogen-bond donors (Lipinski definition) is 2. The van der Waals surface area contributed by atoms with Crippen molar-refractivity contribution in [2.75, 3.05) is 18.0 Å². The number of nitrogens with zero attached hydrogens (tertiary/aromatic N) is 2. The summed E-state index contributed by atoms with van der Waals surface area (Å²) in [6, 6.07) is 8.38. The molecule has 1 aliphatic heterocycles. The van der Waals surface area contributed by atoms with Gasteiger partial charge in [-0.1, -0.05) is 25.0 Å². The van der Waals surface area contributed by atoms with Gasteiger partial charge < -0.3 is 10.2 Å². The molecule has 0 spiro atoms. The lowest BCUT2D eigenvalue weighted by atomic mass is 10.1. The molecular weight excluding hydrogens is 316 g/mol. The Hall–Kier alpha value is -2.37. The van der Waals surface area contributed by atoms with E-state index in [-0.39, 0.29) is 6.04 Å². The van der Waals surface area contributed by atoms with Gasteiger partial charge in [0.1, 0.15) is 0 Å². The molecule has 2 aliphatic rings. The molecule has 3 rings (SSSR count). The molecule has 1 heterocycles. The largest absolute Gasteiger partial charge is 0.372 e. The Kier molecular flexibility index (Phi) is 5.68. The first-order chi connectivity index (χ1) is 12.1. The van der Waals surface area contributed by atoms with E-state index in [2.05, 4.69) is 32.9 Å². The van der Waals surface area contributed by atoms with Crippen molar-refractivity contribution in [1.82, 2.24) is 10.7 Å². The van der Waals surface area contributed by atoms with Crippen LogP contribution in [0.5, 0.6) is 0 Å². The van der Waals surface area contributed by atoms with Gasteiger partial charge in [0.25, 0.3) is 0 Å². The summed E-state index contributed by atoms with van der Waals surface area (Å²) in [5.41, 5.74) is 5.16. The third-order valence-electron chi connectivity index (χ3n) is 4.70. The summed E-state index contributed by atoms with van der Waals surface area (Å²) in [7, 11) is 0. The number of anilines is 1. The maximum absolute atomic E-state index is 11.7. The summed E-state index contributed by atoms with van der Waals surface area (Å²) in [6.45, 7) is 4.04. The van der Waals surface area contributed by atoms with E-state index in [1.54, 1.807) is 0 Å². The van der Waals surface area contributed by atoms with Crippen molar-refractivity contribution in [2.24, 2.45) is 5.10 Å². The van der Waals surface area contributed by atoms with E-state index < -0.39 is 11.8 Å². The second-order valence-corrected chi connectivity index (χ2v) is 6.83. The lowest BCUT2D eigenvalue weighted by Crippen LogP contribution is -2.39. The molecule has 1 aliphatic carbocycles. The molecule has 6 heteroatoms. The number of benzene rings is 1. The normalized spacial score (nSPS) is 18.4. The highest BCUT2D eigenvalue weighted by Crippen LogP contribution is 2.20. The molecule has 0 radical (unpaired) electrons. The van der Waals surface area contributed by atoms with Crippen molar-refractivity contribution >= 4 is 23.2 Å². The maximum Gasteiger partial charge on any atom is 0.329 e. The van der Waals surface area contributed by atoms with E-state index in [0.717, 1.165) is 31.5 Å². The third kappa shape index (κ3) is 5.05. The first-order valence-corrected chi connectivity index (χ1v) is 9.14. The summed E-state index contributed by atoms with van der Waals surface area (Å²) in [6.07, 6.45) is 7.02. The Bertz CT molecular complexity index is 642. The molecule has 0 bridgehead atoms. The number of nitrogens with one attached hydrogen (secondary N) is 2.